The molecule has 2 nitrogen and oxygen atoms in total. The first kappa shape index (κ1) is 14.3. The molecule has 0 aliphatic carbocycles. The summed E-state index contributed by atoms with van der Waals surface area (Å²) in [5.74, 6) is -6.38. The summed E-state index contributed by atoms with van der Waals surface area (Å²) in [5, 5.41) is 1.83. The van der Waals surface area contributed by atoms with Gasteiger partial charge >= 0.3 is 12.3 Å². The summed E-state index contributed by atoms with van der Waals surface area (Å²) in [4.78, 5) is 13.6. The lowest BCUT2D eigenvalue weighted by Crippen LogP contribution is -2.50. The number of thiophene rings is 1. The molecule has 1 unspecified atom stereocenters. The summed E-state index contributed by atoms with van der Waals surface area (Å²) < 4.78 is 51.0. The summed E-state index contributed by atoms with van der Waals surface area (Å²) in [6.45, 7) is 1.81. The molecule has 2 heterocycles. The molecule has 0 saturated carbocycles. The van der Waals surface area contributed by atoms with Gasteiger partial charge in [0.25, 0.3) is 5.91 Å². The standard InChI is InChI=1S/C12H13F4NOS/c1-2-8-7-4-6-19-9(7)3-5-17(8)11(18)12(15,16)10(13)14/h4,6,8,10H,2-3,5H2,1H3. The normalized spacial score (nSPS) is 19.7. The van der Waals surface area contributed by atoms with Gasteiger partial charge in [-0.3, -0.25) is 4.79 Å². The third kappa shape index (κ3) is 2.35. The van der Waals surface area contributed by atoms with E-state index < -0.39 is 24.3 Å². The molecule has 0 bridgehead atoms. The number of carbonyl (C=O) groups excluding carboxylic acids is 1. The molecule has 2 rings (SSSR count). The van der Waals surface area contributed by atoms with E-state index in [9.17, 15) is 22.4 Å². The van der Waals surface area contributed by atoms with Gasteiger partial charge in [-0.2, -0.15) is 8.78 Å². The Morgan fingerprint density at radius 3 is 2.84 bits per heavy atom. The molecule has 0 radical (unpaired) electrons. The maximum Gasteiger partial charge on any atom is 0.383 e. The third-order valence-electron chi connectivity index (χ3n) is 3.30. The fourth-order valence-corrected chi connectivity index (χ4v) is 3.29. The summed E-state index contributed by atoms with van der Waals surface area (Å²) in [7, 11) is 0. The topological polar surface area (TPSA) is 20.3 Å². The highest BCUT2D eigenvalue weighted by Crippen LogP contribution is 2.38. The predicted molar refractivity (Wildman–Crippen MR) is 63.7 cm³/mol. The van der Waals surface area contributed by atoms with E-state index in [0.717, 1.165) is 15.3 Å². The van der Waals surface area contributed by atoms with Crippen LogP contribution >= 0.6 is 11.3 Å². The predicted octanol–water partition coefficient (Wildman–Crippen LogP) is 3.48. The van der Waals surface area contributed by atoms with E-state index in [-0.39, 0.29) is 6.54 Å². The number of nitrogens with zero attached hydrogens (tertiary/aromatic N) is 1. The van der Waals surface area contributed by atoms with Gasteiger partial charge in [0.1, 0.15) is 0 Å². The molecular formula is C12H13F4NOS. The molecule has 1 aromatic heterocycles. The van der Waals surface area contributed by atoms with Gasteiger partial charge in [-0.25, -0.2) is 8.78 Å². The SMILES string of the molecule is CCC1c2ccsc2CCN1C(=O)C(F)(F)C(F)F. The fraction of sp³-hybridized carbons (Fsp3) is 0.583. The summed E-state index contributed by atoms with van der Waals surface area (Å²) >= 11 is 1.50. The van der Waals surface area contributed by atoms with Crippen LogP contribution in [0.3, 0.4) is 0 Å². The first-order valence-electron chi connectivity index (χ1n) is 5.92. The Kier molecular flexibility index (Phi) is 3.85. The Morgan fingerprint density at radius 1 is 1.58 bits per heavy atom. The number of hydrogen-bond acceptors (Lipinski definition) is 2. The second-order valence-corrected chi connectivity index (χ2v) is 5.40. The molecule has 1 atom stereocenters. The molecule has 0 N–H and O–H groups in total. The lowest BCUT2D eigenvalue weighted by molar-refractivity contribution is -0.183. The van der Waals surface area contributed by atoms with Crippen molar-refractivity contribution in [1.82, 2.24) is 4.90 Å². The average molecular weight is 295 g/mol. The van der Waals surface area contributed by atoms with E-state index in [1.807, 2.05) is 5.38 Å². The Morgan fingerprint density at radius 2 is 2.26 bits per heavy atom. The zero-order valence-electron chi connectivity index (χ0n) is 10.2. The monoisotopic (exact) mass is 295 g/mol. The Balaban J connectivity index is 2.29. The van der Waals surface area contributed by atoms with Crippen molar-refractivity contribution in [3.63, 3.8) is 0 Å². The maximum absolute atomic E-state index is 13.2. The molecule has 106 valence electrons. The quantitative estimate of drug-likeness (QED) is 0.782. The minimum absolute atomic E-state index is 0.0627. The minimum atomic E-state index is -4.61. The highest BCUT2D eigenvalue weighted by Gasteiger charge is 2.52. The van der Waals surface area contributed by atoms with E-state index in [1.165, 1.54) is 11.3 Å². The fourth-order valence-electron chi connectivity index (χ4n) is 2.36. The van der Waals surface area contributed by atoms with E-state index in [0.29, 0.717) is 12.8 Å². The van der Waals surface area contributed by atoms with Gasteiger partial charge in [0.15, 0.2) is 0 Å². The van der Waals surface area contributed by atoms with Gasteiger partial charge in [0, 0.05) is 11.4 Å². The van der Waals surface area contributed by atoms with Crippen LogP contribution in [0.2, 0.25) is 0 Å². The summed E-state index contributed by atoms with van der Waals surface area (Å²) in [6.07, 6.45) is -3.11. The van der Waals surface area contributed by atoms with E-state index >= 15 is 0 Å². The Bertz CT molecular complexity index is 474. The van der Waals surface area contributed by atoms with Crippen LogP contribution < -0.4 is 0 Å². The molecule has 19 heavy (non-hydrogen) atoms. The van der Waals surface area contributed by atoms with Crippen molar-refractivity contribution in [3.8, 4) is 0 Å². The first-order chi connectivity index (χ1) is 8.89. The molecule has 0 fully saturated rings. The second kappa shape index (κ2) is 5.11. The maximum atomic E-state index is 13.2. The zero-order valence-corrected chi connectivity index (χ0v) is 11.0. The first-order valence-corrected chi connectivity index (χ1v) is 6.80. The minimum Gasteiger partial charge on any atom is -0.330 e. The van der Waals surface area contributed by atoms with Crippen molar-refractivity contribution >= 4 is 17.2 Å². The average Bonchev–Trinajstić information content (AvgIpc) is 2.84. The van der Waals surface area contributed by atoms with Crippen LogP contribution in [0.4, 0.5) is 17.6 Å². The van der Waals surface area contributed by atoms with E-state index in [2.05, 4.69) is 0 Å². The van der Waals surface area contributed by atoms with Gasteiger partial charge < -0.3 is 4.90 Å². The highest BCUT2D eigenvalue weighted by molar-refractivity contribution is 7.10. The molecule has 1 aliphatic heterocycles. The molecule has 1 aromatic rings. The van der Waals surface area contributed by atoms with Gasteiger partial charge in [0.05, 0.1) is 6.04 Å². The van der Waals surface area contributed by atoms with Crippen molar-refractivity contribution in [1.29, 1.82) is 0 Å². The van der Waals surface area contributed by atoms with Crippen LogP contribution in [0.1, 0.15) is 29.8 Å². The van der Waals surface area contributed by atoms with Crippen LogP contribution in [-0.2, 0) is 11.2 Å². The van der Waals surface area contributed by atoms with E-state index in [4.69, 9.17) is 0 Å². The molecular weight excluding hydrogens is 282 g/mol. The van der Waals surface area contributed by atoms with Gasteiger partial charge in [-0.05, 0) is 29.9 Å². The smallest absolute Gasteiger partial charge is 0.330 e. The van der Waals surface area contributed by atoms with Crippen LogP contribution in [0.5, 0.6) is 0 Å². The molecule has 0 spiro atoms. The number of rotatable bonds is 3. The van der Waals surface area contributed by atoms with Gasteiger partial charge in [-0.15, -0.1) is 11.3 Å². The van der Waals surface area contributed by atoms with Crippen LogP contribution in [-0.4, -0.2) is 29.7 Å². The number of halogens is 4. The van der Waals surface area contributed by atoms with Gasteiger partial charge in [-0.1, -0.05) is 6.92 Å². The number of carbonyl (C=O) groups is 1. The van der Waals surface area contributed by atoms with Crippen LogP contribution in [0.15, 0.2) is 11.4 Å². The summed E-state index contributed by atoms with van der Waals surface area (Å²) in [5.41, 5.74) is 0.803. The van der Waals surface area contributed by atoms with Crippen molar-refractivity contribution in [3.05, 3.63) is 21.9 Å². The number of amides is 1. The highest BCUT2D eigenvalue weighted by atomic mass is 32.1. The Hall–Kier alpha value is -1.11. The molecule has 0 aromatic carbocycles. The molecule has 1 aliphatic rings. The molecule has 0 saturated heterocycles. The van der Waals surface area contributed by atoms with Crippen molar-refractivity contribution in [2.75, 3.05) is 6.54 Å². The summed E-state index contributed by atoms with van der Waals surface area (Å²) in [6, 6.07) is 1.24. The number of hydrogen-bond donors (Lipinski definition) is 0. The van der Waals surface area contributed by atoms with Crippen molar-refractivity contribution < 1.29 is 22.4 Å². The van der Waals surface area contributed by atoms with Crippen LogP contribution in [0, 0.1) is 0 Å². The van der Waals surface area contributed by atoms with Crippen molar-refractivity contribution in [2.24, 2.45) is 0 Å². The second-order valence-electron chi connectivity index (χ2n) is 4.40. The molecule has 1 amide bonds. The lowest BCUT2D eigenvalue weighted by atomic mass is 9.97. The molecule has 7 heteroatoms. The van der Waals surface area contributed by atoms with Gasteiger partial charge in [0.2, 0.25) is 0 Å². The largest absolute Gasteiger partial charge is 0.383 e. The zero-order chi connectivity index (χ0) is 14.2. The number of alkyl halides is 4. The lowest BCUT2D eigenvalue weighted by Gasteiger charge is -2.37. The Labute approximate surface area is 112 Å². The van der Waals surface area contributed by atoms with Crippen molar-refractivity contribution in [2.45, 2.75) is 38.2 Å². The third-order valence-corrected chi connectivity index (χ3v) is 4.30. The van der Waals surface area contributed by atoms with E-state index in [1.54, 1.807) is 13.0 Å². The number of fused-ring (bicyclic) bond motifs is 1. The van der Waals surface area contributed by atoms with Crippen LogP contribution in [0.25, 0.3) is 0 Å².